The highest BCUT2D eigenvalue weighted by atomic mass is 16.5. The van der Waals surface area contributed by atoms with Gasteiger partial charge in [-0.3, -0.25) is 4.79 Å². The van der Waals surface area contributed by atoms with Gasteiger partial charge in [-0.1, -0.05) is 0 Å². The van der Waals surface area contributed by atoms with Gasteiger partial charge in [0.15, 0.2) is 0 Å². The lowest BCUT2D eigenvalue weighted by atomic mass is 10.1. The van der Waals surface area contributed by atoms with Crippen LogP contribution < -0.4 is 5.32 Å². The summed E-state index contributed by atoms with van der Waals surface area (Å²) in [7, 11) is 0. The molecule has 16 heavy (non-hydrogen) atoms. The Kier molecular flexibility index (Phi) is 3.82. The van der Waals surface area contributed by atoms with Crippen LogP contribution in [0.15, 0.2) is 0 Å². The molecule has 0 aromatic heterocycles. The smallest absolute Gasteiger partial charge is 0.248 e. The zero-order valence-electron chi connectivity index (χ0n) is 10.2. The predicted molar refractivity (Wildman–Crippen MR) is 62.2 cm³/mol. The van der Waals surface area contributed by atoms with Crippen molar-refractivity contribution >= 4 is 5.91 Å². The first-order valence-electron chi connectivity index (χ1n) is 6.30. The summed E-state index contributed by atoms with van der Waals surface area (Å²) in [5.41, 5.74) is 0. The van der Waals surface area contributed by atoms with E-state index in [2.05, 4.69) is 5.32 Å². The summed E-state index contributed by atoms with van der Waals surface area (Å²) in [4.78, 5) is 13.9. The molecule has 1 N–H and O–H groups in total. The molecule has 0 aliphatic carbocycles. The lowest BCUT2D eigenvalue weighted by Gasteiger charge is -2.24. The van der Waals surface area contributed by atoms with Gasteiger partial charge in [0, 0.05) is 25.2 Å². The summed E-state index contributed by atoms with van der Waals surface area (Å²) in [6.45, 7) is 5.89. The number of rotatable bonds is 3. The summed E-state index contributed by atoms with van der Waals surface area (Å²) < 4.78 is 5.37. The van der Waals surface area contributed by atoms with Crippen LogP contribution in [0.3, 0.4) is 0 Å². The van der Waals surface area contributed by atoms with Crippen LogP contribution in [-0.2, 0) is 9.53 Å². The molecule has 1 amide bonds. The van der Waals surface area contributed by atoms with E-state index in [1.165, 1.54) is 12.8 Å². The van der Waals surface area contributed by atoms with Crippen molar-refractivity contribution < 1.29 is 9.53 Å². The molecule has 2 aliphatic rings. The Morgan fingerprint density at radius 1 is 1.38 bits per heavy atom. The number of likely N-dealkylation sites (tertiary alicyclic amines) is 1. The fraction of sp³-hybridized carbons (Fsp3) is 0.917. The number of hydrogen-bond donors (Lipinski definition) is 1. The number of carbonyl (C=O) groups excluding carboxylic acids is 1. The first-order valence-corrected chi connectivity index (χ1v) is 6.30. The standard InChI is InChI=1S/C12H22N2O2/c1-9(2)16-8-12(15)14-6-5-10-3-4-11(7-14)13-10/h9-11,13H,3-8H2,1-2H3. The van der Waals surface area contributed by atoms with Crippen LogP contribution in [0.4, 0.5) is 0 Å². The van der Waals surface area contributed by atoms with Gasteiger partial charge >= 0.3 is 0 Å². The van der Waals surface area contributed by atoms with Crippen molar-refractivity contribution in [2.45, 2.75) is 51.3 Å². The van der Waals surface area contributed by atoms with Gasteiger partial charge in [0.1, 0.15) is 6.61 Å². The van der Waals surface area contributed by atoms with Gasteiger partial charge in [0.2, 0.25) is 5.91 Å². The average Bonchev–Trinajstić information content (AvgIpc) is 2.55. The van der Waals surface area contributed by atoms with E-state index in [1.807, 2.05) is 18.7 Å². The van der Waals surface area contributed by atoms with Crippen molar-refractivity contribution in [3.05, 3.63) is 0 Å². The van der Waals surface area contributed by atoms with Crippen LogP contribution in [0, 0.1) is 0 Å². The Balaban J connectivity index is 1.82. The third-order valence-corrected chi connectivity index (χ3v) is 3.42. The van der Waals surface area contributed by atoms with E-state index in [4.69, 9.17) is 4.74 Å². The van der Waals surface area contributed by atoms with Crippen LogP contribution in [-0.4, -0.2) is 48.7 Å². The molecule has 4 heteroatoms. The molecule has 92 valence electrons. The third-order valence-electron chi connectivity index (χ3n) is 3.42. The second-order valence-corrected chi connectivity index (χ2v) is 5.13. The van der Waals surface area contributed by atoms with E-state index < -0.39 is 0 Å². The lowest BCUT2D eigenvalue weighted by Crippen LogP contribution is -2.41. The van der Waals surface area contributed by atoms with Crippen molar-refractivity contribution in [3.63, 3.8) is 0 Å². The molecule has 2 aliphatic heterocycles. The molecule has 0 aromatic rings. The van der Waals surface area contributed by atoms with E-state index >= 15 is 0 Å². The van der Waals surface area contributed by atoms with Crippen LogP contribution in [0.5, 0.6) is 0 Å². The summed E-state index contributed by atoms with van der Waals surface area (Å²) in [6, 6.07) is 1.14. The molecular formula is C12H22N2O2. The Morgan fingerprint density at radius 2 is 2.12 bits per heavy atom. The van der Waals surface area contributed by atoms with Crippen molar-refractivity contribution in [2.75, 3.05) is 19.7 Å². The third kappa shape index (κ3) is 2.95. The minimum atomic E-state index is 0.130. The number of ether oxygens (including phenoxy) is 1. The van der Waals surface area contributed by atoms with E-state index in [0.717, 1.165) is 19.5 Å². The predicted octanol–water partition coefficient (Wildman–Crippen LogP) is 0.764. The fourth-order valence-corrected chi connectivity index (χ4v) is 2.50. The minimum Gasteiger partial charge on any atom is -0.369 e. The Bertz CT molecular complexity index is 255. The van der Waals surface area contributed by atoms with E-state index in [1.54, 1.807) is 0 Å². The Hall–Kier alpha value is -0.610. The molecule has 4 nitrogen and oxygen atoms in total. The number of fused-ring (bicyclic) bond motifs is 2. The maximum Gasteiger partial charge on any atom is 0.248 e. The zero-order valence-corrected chi connectivity index (χ0v) is 10.2. The largest absolute Gasteiger partial charge is 0.369 e. The van der Waals surface area contributed by atoms with Crippen LogP contribution >= 0.6 is 0 Å². The van der Waals surface area contributed by atoms with Gasteiger partial charge in [-0.15, -0.1) is 0 Å². The number of carbonyl (C=O) groups is 1. The van der Waals surface area contributed by atoms with Crippen LogP contribution in [0.2, 0.25) is 0 Å². The van der Waals surface area contributed by atoms with E-state index in [9.17, 15) is 4.79 Å². The molecule has 0 saturated carbocycles. The number of nitrogens with zero attached hydrogens (tertiary/aromatic N) is 1. The van der Waals surface area contributed by atoms with E-state index in [0.29, 0.717) is 12.1 Å². The Morgan fingerprint density at radius 3 is 2.88 bits per heavy atom. The quantitative estimate of drug-likeness (QED) is 0.772. The monoisotopic (exact) mass is 226 g/mol. The summed E-state index contributed by atoms with van der Waals surface area (Å²) in [6.07, 6.45) is 3.70. The average molecular weight is 226 g/mol. The number of nitrogens with one attached hydrogen (secondary N) is 1. The molecule has 2 heterocycles. The molecule has 2 atom stereocenters. The van der Waals surface area contributed by atoms with Crippen LogP contribution in [0.1, 0.15) is 33.1 Å². The summed E-state index contributed by atoms with van der Waals surface area (Å²) >= 11 is 0. The normalized spacial score (nSPS) is 29.6. The molecule has 2 rings (SSSR count). The maximum atomic E-state index is 11.9. The fourth-order valence-electron chi connectivity index (χ4n) is 2.50. The Labute approximate surface area is 97.3 Å². The van der Waals surface area contributed by atoms with Gasteiger partial charge in [-0.05, 0) is 33.1 Å². The number of amides is 1. The van der Waals surface area contributed by atoms with E-state index in [-0.39, 0.29) is 18.6 Å². The SMILES string of the molecule is CC(C)OCC(=O)N1CCC2CCC(C1)N2. The minimum absolute atomic E-state index is 0.130. The van der Waals surface area contributed by atoms with Gasteiger partial charge in [0.25, 0.3) is 0 Å². The second kappa shape index (κ2) is 5.15. The highest BCUT2D eigenvalue weighted by molar-refractivity contribution is 5.77. The first kappa shape index (κ1) is 11.9. The van der Waals surface area contributed by atoms with Crippen molar-refractivity contribution in [1.82, 2.24) is 10.2 Å². The molecule has 2 bridgehead atoms. The van der Waals surface area contributed by atoms with Crippen molar-refractivity contribution in [1.29, 1.82) is 0 Å². The van der Waals surface area contributed by atoms with Crippen molar-refractivity contribution in [3.8, 4) is 0 Å². The molecular weight excluding hydrogens is 204 g/mol. The van der Waals surface area contributed by atoms with Crippen LogP contribution in [0.25, 0.3) is 0 Å². The molecule has 0 radical (unpaired) electrons. The molecule has 0 aromatic carbocycles. The summed E-state index contributed by atoms with van der Waals surface area (Å²) in [5.74, 6) is 0.142. The topological polar surface area (TPSA) is 41.6 Å². The molecule has 2 fully saturated rings. The molecule has 2 saturated heterocycles. The first-order chi connectivity index (χ1) is 7.65. The lowest BCUT2D eigenvalue weighted by molar-refractivity contribution is -0.137. The van der Waals surface area contributed by atoms with Gasteiger partial charge in [-0.2, -0.15) is 0 Å². The highest BCUT2D eigenvalue weighted by Gasteiger charge is 2.30. The van der Waals surface area contributed by atoms with Crippen molar-refractivity contribution in [2.24, 2.45) is 0 Å². The van der Waals surface area contributed by atoms with Gasteiger partial charge in [-0.25, -0.2) is 0 Å². The molecule has 2 unspecified atom stereocenters. The van der Waals surface area contributed by atoms with Gasteiger partial charge < -0.3 is 15.0 Å². The number of hydrogen-bond acceptors (Lipinski definition) is 3. The second-order valence-electron chi connectivity index (χ2n) is 5.13. The zero-order chi connectivity index (χ0) is 11.5. The maximum absolute atomic E-state index is 11.9. The summed E-state index contributed by atoms with van der Waals surface area (Å²) in [5, 5.41) is 3.57. The molecule has 0 spiro atoms. The van der Waals surface area contributed by atoms with Gasteiger partial charge in [0.05, 0.1) is 6.10 Å². The highest BCUT2D eigenvalue weighted by Crippen LogP contribution is 2.20.